The maximum atomic E-state index is 14.2. The zero-order valence-electron chi connectivity index (χ0n) is 21.1. The molecule has 1 fully saturated rings. The fraction of sp³-hybridized carbons (Fsp3) is 0.138. The first-order valence-corrected chi connectivity index (χ1v) is 14.7. The second kappa shape index (κ2) is 9.67. The van der Waals surface area contributed by atoms with Gasteiger partial charge in [0.2, 0.25) is 0 Å². The zero-order valence-corrected chi connectivity index (χ0v) is 22.7. The largest absolute Gasteiger partial charge is 0.501 e. The summed E-state index contributed by atoms with van der Waals surface area (Å²) in [5.41, 5.74) is -4.63. The second-order valence-corrected chi connectivity index (χ2v) is 12.5. The molecule has 6 rings (SSSR count). The van der Waals surface area contributed by atoms with Crippen LogP contribution in [0.2, 0.25) is 0 Å². The number of urea groups is 1. The van der Waals surface area contributed by atoms with E-state index < -0.39 is 37.7 Å². The number of alkyl halides is 3. The minimum absolute atomic E-state index is 0.0507. The van der Waals surface area contributed by atoms with Crippen molar-refractivity contribution >= 4 is 59.8 Å². The highest BCUT2D eigenvalue weighted by Gasteiger charge is 2.52. The van der Waals surface area contributed by atoms with E-state index >= 15 is 0 Å². The molecule has 3 aromatic carbocycles. The fourth-order valence-corrected chi connectivity index (χ4v) is 6.92. The van der Waals surface area contributed by atoms with E-state index in [1.165, 1.54) is 11.3 Å². The van der Waals surface area contributed by atoms with Gasteiger partial charge in [-0.25, -0.2) is 18.1 Å². The normalized spacial score (nSPS) is 17.9. The highest BCUT2D eigenvalue weighted by molar-refractivity contribution is 7.92. The van der Waals surface area contributed by atoms with Gasteiger partial charge in [-0.05, 0) is 64.4 Å². The van der Waals surface area contributed by atoms with Crippen LogP contribution < -0.4 is 10.2 Å². The van der Waals surface area contributed by atoms with Gasteiger partial charge in [0.05, 0.1) is 16.1 Å². The predicted octanol–water partition coefficient (Wildman–Crippen LogP) is 6.02. The first-order chi connectivity index (χ1) is 19.5. The van der Waals surface area contributed by atoms with Gasteiger partial charge in [0, 0.05) is 29.1 Å². The van der Waals surface area contributed by atoms with E-state index in [-0.39, 0.29) is 18.5 Å². The molecule has 1 aliphatic heterocycles. The van der Waals surface area contributed by atoms with Crippen molar-refractivity contribution in [1.82, 2.24) is 10.3 Å². The maximum Gasteiger partial charge on any atom is 0.501 e. The molecule has 0 bridgehead atoms. The number of anilines is 1. The number of sulfone groups is 1. The maximum absolute atomic E-state index is 14.2. The molecule has 1 N–H and O–H groups in total. The molecule has 1 saturated heterocycles. The van der Waals surface area contributed by atoms with Crippen LogP contribution in [0.25, 0.3) is 21.0 Å². The molecule has 0 unspecified atom stereocenters. The first-order valence-electron chi connectivity index (χ1n) is 12.4. The molecule has 2 aromatic heterocycles. The lowest BCUT2D eigenvalue weighted by Crippen LogP contribution is -2.51. The van der Waals surface area contributed by atoms with Gasteiger partial charge in [0.25, 0.3) is 15.7 Å². The van der Waals surface area contributed by atoms with Crippen LogP contribution in [0.5, 0.6) is 0 Å². The Bertz CT molecular complexity index is 1930. The van der Waals surface area contributed by atoms with E-state index in [0.29, 0.717) is 0 Å². The molecule has 5 aromatic rings. The van der Waals surface area contributed by atoms with E-state index in [9.17, 15) is 31.2 Å². The van der Waals surface area contributed by atoms with Crippen LogP contribution in [-0.2, 0) is 27.5 Å². The number of pyridine rings is 1. The number of hydrogen-bond acceptors (Lipinski definition) is 6. The van der Waals surface area contributed by atoms with Crippen molar-refractivity contribution < 1.29 is 31.2 Å². The molecule has 7 nitrogen and oxygen atoms in total. The number of nitrogens with one attached hydrogen (secondary N) is 1. The van der Waals surface area contributed by atoms with Crippen LogP contribution in [0.1, 0.15) is 11.1 Å². The molecule has 1 atom stereocenters. The van der Waals surface area contributed by atoms with Gasteiger partial charge < -0.3 is 5.32 Å². The third kappa shape index (κ3) is 4.52. The molecular weight excluding hydrogens is 575 g/mol. The van der Waals surface area contributed by atoms with Crippen LogP contribution in [0.15, 0.2) is 95.3 Å². The third-order valence-electron chi connectivity index (χ3n) is 7.16. The summed E-state index contributed by atoms with van der Waals surface area (Å²) in [6.07, 6.45) is 1.89. The third-order valence-corrected chi connectivity index (χ3v) is 9.67. The minimum Gasteiger partial charge on any atom is -0.322 e. The summed E-state index contributed by atoms with van der Waals surface area (Å²) in [7, 11) is -5.59. The summed E-state index contributed by atoms with van der Waals surface area (Å²) in [6.45, 7) is 0. The Kier molecular flexibility index (Phi) is 6.34. The average Bonchev–Trinajstić information content (AvgIpc) is 3.45. The number of halogens is 3. The summed E-state index contributed by atoms with van der Waals surface area (Å²) < 4.78 is 63.8. The molecular formula is C29H20F3N3O4S2. The van der Waals surface area contributed by atoms with Gasteiger partial charge in [-0.15, -0.1) is 11.3 Å². The highest BCUT2D eigenvalue weighted by Crippen LogP contribution is 2.37. The van der Waals surface area contributed by atoms with Gasteiger partial charge >= 0.3 is 11.5 Å². The van der Waals surface area contributed by atoms with Crippen molar-refractivity contribution in [2.75, 3.05) is 4.90 Å². The van der Waals surface area contributed by atoms with Crippen LogP contribution in [0, 0.1) is 0 Å². The Hall–Kier alpha value is -4.29. The number of aromatic nitrogens is 1. The number of thiophene rings is 1. The Morgan fingerprint density at radius 2 is 1.51 bits per heavy atom. The van der Waals surface area contributed by atoms with E-state index in [0.717, 1.165) is 61.3 Å². The SMILES string of the molecule is O=C1N[C@](Cc2ccnc3ccccc23)(Cc2csc3ccccc23)C(=O)N1c1ccc(S(=O)(=O)C(F)(F)F)cc1. The van der Waals surface area contributed by atoms with E-state index in [1.54, 1.807) is 12.3 Å². The number of amides is 3. The summed E-state index contributed by atoms with van der Waals surface area (Å²) >= 11 is 1.51. The van der Waals surface area contributed by atoms with Crippen LogP contribution >= 0.6 is 11.3 Å². The van der Waals surface area contributed by atoms with Crippen molar-refractivity contribution in [3.05, 3.63) is 102 Å². The summed E-state index contributed by atoms with van der Waals surface area (Å²) in [6, 6.07) is 19.7. The summed E-state index contributed by atoms with van der Waals surface area (Å²) in [5.74, 6) is -0.606. The lowest BCUT2D eigenvalue weighted by Gasteiger charge is -2.27. The molecule has 0 spiro atoms. The number of carbonyl (C=O) groups excluding carboxylic acids is 2. The van der Waals surface area contributed by atoms with Crippen LogP contribution in [0.4, 0.5) is 23.7 Å². The standard InChI is InChI=1S/C29H20F3N3O4S2/c30-29(31,32)41(38,39)21-11-9-20(10-12-21)35-26(36)28(34-27(35)37,16-19-17-40-25-8-4-2-6-23(19)25)15-18-13-14-33-24-7-3-1-5-22(18)24/h1-14,17H,15-16H2,(H,34,37)/t28-/m1/s1. The molecule has 0 aliphatic carbocycles. The van der Waals surface area contributed by atoms with Crippen LogP contribution in [-0.4, -0.2) is 36.4 Å². The molecule has 208 valence electrons. The summed E-state index contributed by atoms with van der Waals surface area (Å²) in [4.78, 5) is 31.8. The van der Waals surface area contributed by atoms with Crippen molar-refractivity contribution in [1.29, 1.82) is 0 Å². The first kappa shape index (κ1) is 26.9. The fourth-order valence-electron chi connectivity index (χ4n) is 5.19. The second-order valence-electron chi connectivity index (χ2n) is 9.69. The van der Waals surface area contributed by atoms with E-state index in [1.807, 2.05) is 53.9 Å². The minimum atomic E-state index is -5.59. The number of carbonyl (C=O) groups is 2. The number of rotatable bonds is 6. The molecule has 3 heterocycles. The van der Waals surface area contributed by atoms with Crippen LogP contribution in [0.3, 0.4) is 0 Å². The molecule has 1 aliphatic rings. The molecule has 41 heavy (non-hydrogen) atoms. The lowest BCUT2D eigenvalue weighted by atomic mass is 9.83. The Labute approximate surface area is 236 Å². The quantitative estimate of drug-likeness (QED) is 0.242. The molecule has 3 amide bonds. The number of fused-ring (bicyclic) bond motifs is 2. The average molecular weight is 596 g/mol. The molecule has 0 radical (unpaired) electrons. The van der Waals surface area contributed by atoms with Gasteiger partial charge in [0.15, 0.2) is 0 Å². The Balaban J connectivity index is 1.43. The van der Waals surface area contributed by atoms with Gasteiger partial charge in [-0.1, -0.05) is 36.4 Å². The van der Waals surface area contributed by atoms with Crippen molar-refractivity contribution in [3.63, 3.8) is 0 Å². The van der Waals surface area contributed by atoms with Crippen molar-refractivity contribution in [2.24, 2.45) is 0 Å². The monoisotopic (exact) mass is 595 g/mol. The lowest BCUT2D eigenvalue weighted by molar-refractivity contribution is -0.122. The number of nitrogens with zero attached hydrogens (tertiary/aromatic N) is 2. The van der Waals surface area contributed by atoms with E-state index in [2.05, 4.69) is 10.3 Å². The van der Waals surface area contributed by atoms with Gasteiger partial charge in [0.1, 0.15) is 5.54 Å². The van der Waals surface area contributed by atoms with Crippen molar-refractivity contribution in [2.45, 2.75) is 28.8 Å². The highest BCUT2D eigenvalue weighted by atomic mass is 32.2. The number of imide groups is 1. The van der Waals surface area contributed by atoms with E-state index in [4.69, 9.17) is 0 Å². The Morgan fingerprint density at radius 1 is 0.854 bits per heavy atom. The smallest absolute Gasteiger partial charge is 0.322 e. The topological polar surface area (TPSA) is 96.4 Å². The molecule has 0 saturated carbocycles. The molecule has 12 heteroatoms. The van der Waals surface area contributed by atoms with Gasteiger partial charge in [-0.3, -0.25) is 9.78 Å². The summed E-state index contributed by atoms with van der Waals surface area (Å²) in [5, 5.41) is 6.57. The predicted molar refractivity (Wildman–Crippen MR) is 149 cm³/mol. The number of hydrogen-bond donors (Lipinski definition) is 1. The Morgan fingerprint density at radius 3 is 2.24 bits per heavy atom. The zero-order chi connectivity index (χ0) is 29.0. The van der Waals surface area contributed by atoms with Crippen molar-refractivity contribution in [3.8, 4) is 0 Å². The number of para-hydroxylation sites is 1. The van der Waals surface area contributed by atoms with Gasteiger partial charge in [-0.2, -0.15) is 13.2 Å². The number of benzene rings is 3.